The molecule has 1 aromatic carbocycles. The standard InChI is InChI=1S/C20H27N5O3/c1-4-24-9-11-25(12-10-24)13-15-5-7-16(8-6-15)23-18(26)17-19(27-2)21-14-22-20(17)28-3/h5-8,14H,4,9-13H2,1-3H3,(H,23,26). The molecule has 0 atom stereocenters. The third-order valence-corrected chi connectivity index (χ3v) is 4.92. The molecular weight excluding hydrogens is 358 g/mol. The molecule has 0 unspecified atom stereocenters. The first-order valence-electron chi connectivity index (χ1n) is 9.42. The molecule has 1 fully saturated rings. The van der Waals surface area contributed by atoms with Crippen LogP contribution in [0.25, 0.3) is 0 Å². The lowest BCUT2D eigenvalue weighted by Crippen LogP contribution is -2.45. The van der Waals surface area contributed by atoms with Crippen LogP contribution in [0.1, 0.15) is 22.8 Å². The smallest absolute Gasteiger partial charge is 0.266 e. The van der Waals surface area contributed by atoms with Gasteiger partial charge in [0.05, 0.1) is 14.2 Å². The molecule has 1 aliphatic rings. The number of rotatable bonds is 7. The summed E-state index contributed by atoms with van der Waals surface area (Å²) < 4.78 is 10.3. The molecule has 1 amide bonds. The Hall–Kier alpha value is -2.71. The van der Waals surface area contributed by atoms with Crippen molar-refractivity contribution >= 4 is 11.6 Å². The minimum Gasteiger partial charge on any atom is -0.480 e. The molecule has 1 aliphatic heterocycles. The van der Waals surface area contributed by atoms with Gasteiger partial charge in [-0.25, -0.2) is 9.97 Å². The van der Waals surface area contributed by atoms with E-state index in [-0.39, 0.29) is 23.2 Å². The van der Waals surface area contributed by atoms with Gasteiger partial charge in [0.1, 0.15) is 6.33 Å². The molecule has 2 aromatic rings. The lowest BCUT2D eigenvalue weighted by Gasteiger charge is -2.34. The van der Waals surface area contributed by atoms with E-state index in [2.05, 4.69) is 32.0 Å². The second-order valence-electron chi connectivity index (χ2n) is 6.63. The van der Waals surface area contributed by atoms with E-state index >= 15 is 0 Å². The predicted molar refractivity (Wildman–Crippen MR) is 107 cm³/mol. The molecule has 28 heavy (non-hydrogen) atoms. The zero-order chi connectivity index (χ0) is 19.9. The van der Waals surface area contributed by atoms with Crippen molar-refractivity contribution in [1.29, 1.82) is 0 Å². The van der Waals surface area contributed by atoms with E-state index in [9.17, 15) is 4.79 Å². The molecule has 8 heteroatoms. The van der Waals surface area contributed by atoms with Gasteiger partial charge in [-0.3, -0.25) is 9.69 Å². The van der Waals surface area contributed by atoms with Crippen LogP contribution in [0.4, 0.5) is 5.69 Å². The fourth-order valence-corrected chi connectivity index (χ4v) is 3.27. The van der Waals surface area contributed by atoms with Crippen molar-refractivity contribution in [2.45, 2.75) is 13.5 Å². The molecule has 0 aliphatic carbocycles. The van der Waals surface area contributed by atoms with Crippen molar-refractivity contribution in [3.8, 4) is 11.8 Å². The van der Waals surface area contributed by atoms with Gasteiger partial charge in [0.2, 0.25) is 11.8 Å². The highest BCUT2D eigenvalue weighted by Crippen LogP contribution is 2.24. The zero-order valence-corrected chi connectivity index (χ0v) is 16.6. The Balaban J connectivity index is 1.62. The van der Waals surface area contributed by atoms with Crippen LogP contribution in [-0.4, -0.2) is 72.6 Å². The Morgan fingerprint density at radius 2 is 1.57 bits per heavy atom. The van der Waals surface area contributed by atoms with E-state index in [1.165, 1.54) is 26.1 Å². The maximum absolute atomic E-state index is 12.7. The van der Waals surface area contributed by atoms with Gasteiger partial charge in [0.15, 0.2) is 5.56 Å². The van der Waals surface area contributed by atoms with Crippen molar-refractivity contribution in [2.24, 2.45) is 0 Å². The summed E-state index contributed by atoms with van der Waals surface area (Å²) in [6.07, 6.45) is 1.30. The number of ether oxygens (including phenoxy) is 2. The van der Waals surface area contributed by atoms with Crippen LogP contribution in [0.2, 0.25) is 0 Å². The van der Waals surface area contributed by atoms with Gasteiger partial charge in [0, 0.05) is 38.4 Å². The van der Waals surface area contributed by atoms with Gasteiger partial charge in [-0.2, -0.15) is 0 Å². The number of hydrogen-bond acceptors (Lipinski definition) is 7. The van der Waals surface area contributed by atoms with Crippen LogP contribution in [0.3, 0.4) is 0 Å². The fourth-order valence-electron chi connectivity index (χ4n) is 3.27. The molecule has 1 N–H and O–H groups in total. The molecule has 0 radical (unpaired) electrons. The summed E-state index contributed by atoms with van der Waals surface area (Å²) in [6.45, 7) is 8.64. The summed E-state index contributed by atoms with van der Waals surface area (Å²) >= 11 is 0. The van der Waals surface area contributed by atoms with E-state index in [1.54, 1.807) is 0 Å². The fraction of sp³-hybridized carbons (Fsp3) is 0.450. The number of methoxy groups -OCH3 is 2. The molecular formula is C20H27N5O3. The molecule has 0 bridgehead atoms. The van der Waals surface area contributed by atoms with Crippen LogP contribution >= 0.6 is 0 Å². The van der Waals surface area contributed by atoms with Gasteiger partial charge in [-0.15, -0.1) is 0 Å². The number of hydrogen-bond donors (Lipinski definition) is 1. The Bertz CT molecular complexity index is 767. The Labute approximate surface area is 165 Å². The Morgan fingerprint density at radius 1 is 1.00 bits per heavy atom. The van der Waals surface area contributed by atoms with Crippen LogP contribution in [0.5, 0.6) is 11.8 Å². The minimum absolute atomic E-state index is 0.172. The number of benzene rings is 1. The van der Waals surface area contributed by atoms with Gasteiger partial charge >= 0.3 is 0 Å². The second kappa shape index (κ2) is 9.48. The highest BCUT2D eigenvalue weighted by Gasteiger charge is 2.21. The average Bonchev–Trinajstić information content (AvgIpc) is 2.75. The predicted octanol–water partition coefficient (Wildman–Crippen LogP) is 1.88. The largest absolute Gasteiger partial charge is 0.480 e. The number of nitrogens with zero attached hydrogens (tertiary/aromatic N) is 4. The lowest BCUT2D eigenvalue weighted by molar-refractivity contribution is 0.101. The number of nitrogens with one attached hydrogen (secondary N) is 1. The van der Waals surface area contributed by atoms with E-state index in [1.807, 2.05) is 24.3 Å². The van der Waals surface area contributed by atoms with E-state index < -0.39 is 0 Å². The highest BCUT2D eigenvalue weighted by atomic mass is 16.5. The monoisotopic (exact) mass is 385 g/mol. The summed E-state index contributed by atoms with van der Waals surface area (Å²) in [5, 5.41) is 2.85. The number of anilines is 1. The quantitative estimate of drug-likeness (QED) is 0.779. The van der Waals surface area contributed by atoms with Crippen molar-refractivity contribution in [3.63, 3.8) is 0 Å². The SMILES string of the molecule is CCN1CCN(Cc2ccc(NC(=O)c3c(OC)ncnc3OC)cc2)CC1. The van der Waals surface area contributed by atoms with E-state index in [4.69, 9.17) is 9.47 Å². The first-order chi connectivity index (χ1) is 13.6. The normalized spacial score (nSPS) is 15.2. The number of amides is 1. The number of carbonyl (C=O) groups excluding carboxylic acids is 1. The molecule has 0 saturated carbocycles. The topological polar surface area (TPSA) is 79.8 Å². The molecule has 1 saturated heterocycles. The maximum Gasteiger partial charge on any atom is 0.266 e. The van der Waals surface area contributed by atoms with Crippen LogP contribution in [-0.2, 0) is 6.54 Å². The number of carbonyl (C=O) groups is 1. The highest BCUT2D eigenvalue weighted by molar-refractivity contribution is 6.07. The molecule has 0 spiro atoms. The lowest BCUT2D eigenvalue weighted by atomic mass is 10.1. The summed E-state index contributed by atoms with van der Waals surface area (Å²) in [4.78, 5) is 25.5. The molecule has 8 nitrogen and oxygen atoms in total. The van der Waals surface area contributed by atoms with Gasteiger partial charge in [-0.05, 0) is 24.2 Å². The number of likely N-dealkylation sites (N-methyl/N-ethyl adjacent to an activating group) is 1. The first-order valence-corrected chi connectivity index (χ1v) is 9.42. The van der Waals surface area contributed by atoms with Crippen molar-refractivity contribution in [1.82, 2.24) is 19.8 Å². The zero-order valence-electron chi connectivity index (χ0n) is 16.6. The van der Waals surface area contributed by atoms with Crippen LogP contribution in [0, 0.1) is 0 Å². The Morgan fingerprint density at radius 3 is 2.11 bits per heavy atom. The number of aromatic nitrogens is 2. The number of piperazine rings is 1. The Kier molecular flexibility index (Phi) is 6.78. The maximum atomic E-state index is 12.7. The summed E-state index contributed by atoms with van der Waals surface area (Å²) in [5.74, 6) is -0.0304. The second-order valence-corrected chi connectivity index (χ2v) is 6.63. The van der Waals surface area contributed by atoms with Crippen LogP contribution < -0.4 is 14.8 Å². The van der Waals surface area contributed by atoms with Gasteiger partial charge < -0.3 is 19.7 Å². The summed E-state index contributed by atoms with van der Waals surface area (Å²) in [5.41, 5.74) is 2.09. The van der Waals surface area contributed by atoms with Gasteiger partial charge in [0.25, 0.3) is 5.91 Å². The molecule has 150 valence electrons. The molecule has 3 rings (SSSR count). The van der Waals surface area contributed by atoms with Gasteiger partial charge in [-0.1, -0.05) is 19.1 Å². The minimum atomic E-state index is -0.377. The molecule has 2 heterocycles. The third kappa shape index (κ3) is 4.76. The van der Waals surface area contributed by atoms with Crippen molar-refractivity contribution in [3.05, 3.63) is 41.7 Å². The average molecular weight is 385 g/mol. The van der Waals surface area contributed by atoms with Crippen molar-refractivity contribution in [2.75, 3.05) is 52.3 Å². The van der Waals surface area contributed by atoms with Crippen LogP contribution in [0.15, 0.2) is 30.6 Å². The molecule has 1 aromatic heterocycles. The van der Waals surface area contributed by atoms with E-state index in [0.717, 1.165) is 39.3 Å². The van der Waals surface area contributed by atoms with Crippen molar-refractivity contribution < 1.29 is 14.3 Å². The third-order valence-electron chi connectivity index (χ3n) is 4.92. The summed E-state index contributed by atoms with van der Waals surface area (Å²) in [6, 6.07) is 7.88. The first kappa shape index (κ1) is 20.0. The van der Waals surface area contributed by atoms with E-state index in [0.29, 0.717) is 5.69 Å². The summed E-state index contributed by atoms with van der Waals surface area (Å²) in [7, 11) is 2.90.